The highest BCUT2D eigenvalue weighted by Gasteiger charge is 2.55. The number of nitrogens with zero attached hydrogens (tertiary/aromatic N) is 6. The minimum Gasteiger partial charge on any atom is -0.350 e. The first-order chi connectivity index (χ1) is 18.0. The number of carbonyl (C=O) groups excluding carboxylic acids is 2. The first kappa shape index (κ1) is 22.1. The Balaban J connectivity index is 1.32. The maximum absolute atomic E-state index is 13.4. The molecule has 2 amide bonds. The summed E-state index contributed by atoms with van der Waals surface area (Å²) >= 11 is 0. The van der Waals surface area contributed by atoms with Crippen LogP contribution in [-0.2, 0) is 22.2 Å². The lowest BCUT2D eigenvalue weighted by Gasteiger charge is -2.33. The van der Waals surface area contributed by atoms with Gasteiger partial charge in [-0.2, -0.15) is 0 Å². The minimum absolute atomic E-state index is 0.0828. The minimum atomic E-state index is -0.951. The Hall–Kier alpha value is -4.08. The third-order valence-corrected chi connectivity index (χ3v) is 8.09. The molecule has 1 aromatic carbocycles. The number of fused-ring (bicyclic) bond motifs is 3. The zero-order valence-corrected chi connectivity index (χ0v) is 20.9. The van der Waals surface area contributed by atoms with Crippen molar-refractivity contribution in [2.24, 2.45) is 18.0 Å². The summed E-state index contributed by atoms with van der Waals surface area (Å²) in [4.78, 5) is 47.0. The molecule has 4 aliphatic rings. The highest BCUT2D eigenvalue weighted by molar-refractivity contribution is 6.08. The van der Waals surface area contributed by atoms with Crippen molar-refractivity contribution >= 4 is 40.1 Å². The van der Waals surface area contributed by atoms with Crippen LogP contribution >= 0.6 is 0 Å². The topological polar surface area (TPSA) is 117 Å². The van der Waals surface area contributed by atoms with Crippen LogP contribution in [0.15, 0.2) is 35.7 Å². The van der Waals surface area contributed by atoms with Gasteiger partial charge in [0.2, 0.25) is 5.91 Å². The monoisotopic (exact) mass is 496 g/mol. The number of carbonyl (C=O) groups is 2. The van der Waals surface area contributed by atoms with E-state index in [9.17, 15) is 9.59 Å². The SMILES string of the molecule is CC1=NCC(c2nc3c(-c4ccc5c(c4)C4(CCCN4C(=O)CC4CC4)C(=O)N5)ncnc3n2C)=CN1. The molecule has 1 atom stereocenters. The van der Waals surface area contributed by atoms with Gasteiger partial charge in [0, 0.05) is 48.6 Å². The lowest BCUT2D eigenvalue weighted by atomic mass is 9.86. The number of hydrogen-bond donors (Lipinski definition) is 2. The molecule has 37 heavy (non-hydrogen) atoms. The van der Waals surface area contributed by atoms with Crippen LogP contribution < -0.4 is 10.6 Å². The Bertz CT molecular complexity index is 1550. The largest absolute Gasteiger partial charge is 0.350 e. The lowest BCUT2D eigenvalue weighted by molar-refractivity contribution is -0.142. The summed E-state index contributed by atoms with van der Waals surface area (Å²) in [6.45, 7) is 3.07. The van der Waals surface area contributed by atoms with E-state index in [0.717, 1.165) is 59.0 Å². The standard InChI is InChI=1S/C27H28N8O2/c1-15-28-12-18(13-29-15)24-33-23-22(30-14-31-25(23)34(24)2)17-6-7-20-19(11-17)27(26(37)32-20)8-3-9-35(27)21(36)10-16-4-5-16/h6-7,11-12,14,16H,3-5,8-10,13H2,1-2H3,(H,28,29)(H,32,37). The molecular weight excluding hydrogens is 468 g/mol. The molecule has 2 fully saturated rings. The van der Waals surface area contributed by atoms with E-state index in [4.69, 9.17) is 4.98 Å². The molecular formula is C27H28N8O2. The van der Waals surface area contributed by atoms with E-state index < -0.39 is 5.54 Å². The van der Waals surface area contributed by atoms with Crippen LogP contribution in [0.2, 0.25) is 0 Å². The molecule has 1 unspecified atom stereocenters. The van der Waals surface area contributed by atoms with Gasteiger partial charge in [0.05, 0.1) is 12.4 Å². The molecule has 2 aromatic heterocycles. The molecule has 1 aliphatic carbocycles. The van der Waals surface area contributed by atoms with Crippen LogP contribution in [0.1, 0.15) is 50.4 Å². The third kappa shape index (κ3) is 3.31. The van der Waals surface area contributed by atoms with E-state index in [1.807, 2.05) is 47.8 Å². The summed E-state index contributed by atoms with van der Waals surface area (Å²) in [5.74, 6) is 2.09. The average molecular weight is 497 g/mol. The van der Waals surface area contributed by atoms with E-state index >= 15 is 0 Å². The third-order valence-electron chi connectivity index (χ3n) is 8.09. The second kappa shape index (κ2) is 7.96. The maximum Gasteiger partial charge on any atom is 0.255 e. The number of nitrogens with one attached hydrogen (secondary N) is 2. The zero-order chi connectivity index (χ0) is 25.3. The molecule has 1 saturated carbocycles. The van der Waals surface area contributed by atoms with Crippen LogP contribution in [0, 0.1) is 5.92 Å². The molecule has 3 aliphatic heterocycles. The van der Waals surface area contributed by atoms with Gasteiger partial charge in [0.25, 0.3) is 5.91 Å². The van der Waals surface area contributed by atoms with E-state index in [0.29, 0.717) is 43.1 Å². The van der Waals surface area contributed by atoms with E-state index in [1.54, 1.807) is 6.33 Å². The number of anilines is 1. The second-order valence-corrected chi connectivity index (χ2v) is 10.5. The van der Waals surface area contributed by atoms with Gasteiger partial charge in [0.15, 0.2) is 5.65 Å². The van der Waals surface area contributed by atoms with Crippen molar-refractivity contribution in [1.29, 1.82) is 0 Å². The molecule has 0 bridgehead atoms. The number of amides is 2. The summed E-state index contributed by atoms with van der Waals surface area (Å²) in [6.07, 6.45) is 7.65. The van der Waals surface area contributed by atoms with Gasteiger partial charge in [0.1, 0.15) is 28.9 Å². The second-order valence-electron chi connectivity index (χ2n) is 10.5. The fourth-order valence-electron chi connectivity index (χ4n) is 5.96. The smallest absolute Gasteiger partial charge is 0.255 e. The highest BCUT2D eigenvalue weighted by Crippen LogP contribution is 2.49. The number of aryl methyl sites for hydroxylation is 1. The predicted octanol–water partition coefficient (Wildman–Crippen LogP) is 2.96. The molecule has 10 heteroatoms. The molecule has 10 nitrogen and oxygen atoms in total. The van der Waals surface area contributed by atoms with E-state index in [-0.39, 0.29) is 11.8 Å². The Labute approximate surface area is 213 Å². The Morgan fingerprint density at radius 2 is 2.11 bits per heavy atom. The quantitative estimate of drug-likeness (QED) is 0.574. The number of aliphatic imine (C=N–C) groups is 1. The molecule has 1 saturated heterocycles. The Morgan fingerprint density at radius 3 is 2.89 bits per heavy atom. The number of imidazole rings is 1. The fraction of sp³-hybridized carbons (Fsp3) is 0.407. The van der Waals surface area contributed by atoms with Crippen LogP contribution in [0.5, 0.6) is 0 Å². The van der Waals surface area contributed by atoms with Crippen molar-refractivity contribution in [3.8, 4) is 11.3 Å². The van der Waals surface area contributed by atoms with Crippen molar-refractivity contribution in [3.05, 3.63) is 42.1 Å². The molecule has 0 radical (unpaired) electrons. The summed E-state index contributed by atoms with van der Waals surface area (Å²) < 4.78 is 1.96. The summed E-state index contributed by atoms with van der Waals surface area (Å²) in [6, 6.07) is 5.89. The van der Waals surface area contributed by atoms with E-state index in [1.165, 1.54) is 0 Å². The number of hydrogen-bond acceptors (Lipinski definition) is 7. The number of benzene rings is 1. The zero-order valence-electron chi connectivity index (χ0n) is 20.9. The van der Waals surface area contributed by atoms with Crippen LogP contribution in [-0.4, -0.2) is 55.2 Å². The highest BCUT2D eigenvalue weighted by atomic mass is 16.2. The fourth-order valence-corrected chi connectivity index (χ4v) is 5.96. The van der Waals surface area contributed by atoms with Crippen LogP contribution in [0.25, 0.3) is 28.0 Å². The number of rotatable bonds is 4. The summed E-state index contributed by atoms with van der Waals surface area (Å²) in [7, 11) is 1.94. The first-order valence-electron chi connectivity index (χ1n) is 12.9. The number of aromatic nitrogens is 4. The summed E-state index contributed by atoms with van der Waals surface area (Å²) in [5, 5.41) is 6.21. The Kier molecular flexibility index (Phi) is 4.76. The van der Waals surface area contributed by atoms with Gasteiger partial charge < -0.3 is 20.1 Å². The van der Waals surface area contributed by atoms with Gasteiger partial charge in [-0.3, -0.25) is 14.6 Å². The summed E-state index contributed by atoms with van der Waals surface area (Å²) in [5.41, 5.74) is 4.58. The van der Waals surface area contributed by atoms with Gasteiger partial charge >= 0.3 is 0 Å². The van der Waals surface area contributed by atoms with Gasteiger partial charge in [-0.05, 0) is 50.7 Å². The molecule has 1 spiro atoms. The van der Waals surface area contributed by atoms with Gasteiger partial charge in [-0.1, -0.05) is 6.07 Å². The molecule has 3 aromatic rings. The first-order valence-corrected chi connectivity index (χ1v) is 12.9. The lowest BCUT2D eigenvalue weighted by Crippen LogP contribution is -2.49. The molecule has 5 heterocycles. The van der Waals surface area contributed by atoms with Gasteiger partial charge in [-0.15, -0.1) is 0 Å². The Morgan fingerprint density at radius 1 is 1.24 bits per heavy atom. The van der Waals surface area contributed by atoms with Gasteiger partial charge in [-0.25, -0.2) is 15.0 Å². The van der Waals surface area contributed by atoms with E-state index in [2.05, 4.69) is 25.6 Å². The van der Waals surface area contributed by atoms with Crippen molar-refractivity contribution in [3.63, 3.8) is 0 Å². The predicted molar refractivity (Wildman–Crippen MR) is 139 cm³/mol. The van der Waals surface area contributed by atoms with Crippen molar-refractivity contribution in [1.82, 2.24) is 29.7 Å². The van der Waals surface area contributed by atoms with Crippen LogP contribution in [0.4, 0.5) is 5.69 Å². The normalized spacial score (nSPS) is 22.6. The van der Waals surface area contributed by atoms with Crippen molar-refractivity contribution in [2.75, 3.05) is 18.4 Å². The maximum atomic E-state index is 13.4. The number of amidine groups is 1. The molecule has 188 valence electrons. The number of likely N-dealkylation sites (tertiary alicyclic amines) is 1. The molecule has 7 rings (SSSR count). The molecule has 2 N–H and O–H groups in total. The van der Waals surface area contributed by atoms with Crippen molar-refractivity contribution in [2.45, 2.75) is 44.6 Å². The van der Waals surface area contributed by atoms with Crippen molar-refractivity contribution < 1.29 is 9.59 Å². The average Bonchev–Trinajstić information content (AvgIpc) is 3.38. The van der Waals surface area contributed by atoms with Crippen LogP contribution in [0.3, 0.4) is 0 Å².